The van der Waals surface area contributed by atoms with E-state index in [-0.39, 0.29) is 17.0 Å². The third-order valence-electron chi connectivity index (χ3n) is 7.40. The van der Waals surface area contributed by atoms with Crippen LogP contribution in [0.4, 0.5) is 0 Å². The van der Waals surface area contributed by atoms with Gasteiger partial charge in [0.2, 0.25) is 0 Å². The summed E-state index contributed by atoms with van der Waals surface area (Å²) in [5.74, 6) is 0. The monoisotopic (exact) mass is 563 g/mol. The molecular formula is C34H31BrNP. The van der Waals surface area contributed by atoms with Gasteiger partial charge in [-0.2, -0.15) is 0 Å². The Hall–Kier alpha value is -3.19. The molecule has 0 aliphatic heterocycles. The molecule has 37 heavy (non-hydrogen) atoms. The van der Waals surface area contributed by atoms with Gasteiger partial charge in [0.1, 0.15) is 23.2 Å². The lowest BCUT2D eigenvalue weighted by Crippen LogP contribution is -3.00. The molecular weight excluding hydrogens is 533 g/mol. The molecule has 0 amide bonds. The first kappa shape index (κ1) is 25.5. The van der Waals surface area contributed by atoms with Crippen LogP contribution in [0.5, 0.6) is 0 Å². The van der Waals surface area contributed by atoms with E-state index < -0.39 is 7.26 Å². The van der Waals surface area contributed by atoms with Gasteiger partial charge in [0.15, 0.2) is 0 Å². The van der Waals surface area contributed by atoms with Gasteiger partial charge in [0.25, 0.3) is 0 Å². The summed E-state index contributed by atoms with van der Waals surface area (Å²) in [6.45, 7) is 1.03. The first-order valence-corrected chi connectivity index (χ1v) is 14.9. The van der Waals surface area contributed by atoms with Crippen LogP contribution in [0.25, 0.3) is 21.8 Å². The van der Waals surface area contributed by atoms with Crippen molar-refractivity contribution < 1.29 is 17.0 Å². The van der Waals surface area contributed by atoms with E-state index in [0.29, 0.717) is 0 Å². The van der Waals surface area contributed by atoms with Gasteiger partial charge in [-0.25, -0.2) is 0 Å². The number of nitrogens with zero attached hydrogens (tertiary/aromatic N) is 1. The zero-order valence-corrected chi connectivity index (χ0v) is 23.4. The van der Waals surface area contributed by atoms with Gasteiger partial charge < -0.3 is 21.5 Å². The maximum atomic E-state index is 2.53. The van der Waals surface area contributed by atoms with E-state index in [2.05, 4.69) is 144 Å². The Labute approximate surface area is 230 Å². The molecule has 184 valence electrons. The number of fused-ring (bicyclic) bond motifs is 3. The molecule has 3 heteroatoms. The van der Waals surface area contributed by atoms with Crippen molar-refractivity contribution in [1.82, 2.24) is 4.57 Å². The molecule has 0 aliphatic carbocycles. The highest BCUT2D eigenvalue weighted by molar-refractivity contribution is 7.95. The molecule has 1 nitrogen and oxygen atoms in total. The number of hydrogen-bond acceptors (Lipinski definition) is 0. The molecule has 0 saturated carbocycles. The van der Waals surface area contributed by atoms with Crippen molar-refractivity contribution in [3.05, 3.63) is 140 Å². The second kappa shape index (κ2) is 11.5. The highest BCUT2D eigenvalue weighted by Gasteiger charge is 2.44. The van der Waals surface area contributed by atoms with Crippen LogP contribution in [0.15, 0.2) is 140 Å². The molecule has 0 atom stereocenters. The molecule has 0 bridgehead atoms. The third-order valence-corrected chi connectivity index (χ3v) is 11.9. The maximum absolute atomic E-state index is 2.53. The van der Waals surface area contributed by atoms with Gasteiger partial charge in [0, 0.05) is 28.4 Å². The van der Waals surface area contributed by atoms with Crippen LogP contribution in [0.2, 0.25) is 0 Å². The van der Waals surface area contributed by atoms with Crippen molar-refractivity contribution in [3.8, 4) is 0 Å². The van der Waals surface area contributed by atoms with Gasteiger partial charge in [-0.1, -0.05) is 91.0 Å². The molecule has 0 N–H and O–H groups in total. The molecule has 1 heterocycles. The van der Waals surface area contributed by atoms with Gasteiger partial charge >= 0.3 is 0 Å². The fourth-order valence-electron chi connectivity index (χ4n) is 5.75. The molecule has 0 fully saturated rings. The van der Waals surface area contributed by atoms with Crippen molar-refractivity contribution in [2.75, 3.05) is 6.16 Å². The molecule has 0 spiro atoms. The fraction of sp³-hybridized carbons (Fsp3) is 0.118. The minimum Gasteiger partial charge on any atom is -1.00 e. The average Bonchev–Trinajstić information content (AvgIpc) is 3.28. The number of aromatic nitrogens is 1. The van der Waals surface area contributed by atoms with Gasteiger partial charge in [-0.15, -0.1) is 0 Å². The van der Waals surface area contributed by atoms with Crippen molar-refractivity contribution in [2.45, 2.75) is 19.4 Å². The highest BCUT2D eigenvalue weighted by Crippen LogP contribution is 2.56. The minimum atomic E-state index is -1.77. The summed E-state index contributed by atoms with van der Waals surface area (Å²) >= 11 is 0. The molecule has 6 rings (SSSR count). The van der Waals surface area contributed by atoms with Gasteiger partial charge in [-0.3, -0.25) is 0 Å². The second-order valence-corrected chi connectivity index (χ2v) is 13.0. The Morgan fingerprint density at radius 2 is 0.811 bits per heavy atom. The Morgan fingerprint density at radius 3 is 1.24 bits per heavy atom. The molecule has 0 aliphatic rings. The zero-order valence-electron chi connectivity index (χ0n) is 20.9. The van der Waals surface area contributed by atoms with Gasteiger partial charge in [-0.05, 0) is 61.4 Å². The van der Waals surface area contributed by atoms with Crippen LogP contribution in [0, 0.1) is 0 Å². The SMILES string of the molecule is [Br-].c1ccc([P+](CCCCn2c3ccccc3c3ccccc32)(c2ccccc2)c2ccccc2)cc1. The zero-order chi connectivity index (χ0) is 24.2. The van der Waals surface area contributed by atoms with E-state index >= 15 is 0 Å². The topological polar surface area (TPSA) is 4.93 Å². The van der Waals surface area contributed by atoms with Crippen molar-refractivity contribution in [3.63, 3.8) is 0 Å². The molecule has 1 aromatic heterocycles. The van der Waals surface area contributed by atoms with Crippen molar-refractivity contribution in [1.29, 1.82) is 0 Å². The molecule has 0 saturated heterocycles. The smallest absolute Gasteiger partial charge is 0.112 e. The third kappa shape index (κ3) is 4.77. The summed E-state index contributed by atoms with van der Waals surface area (Å²) in [5, 5.41) is 7.12. The Morgan fingerprint density at radius 1 is 0.432 bits per heavy atom. The Bertz CT molecular complexity index is 1430. The number of unbranched alkanes of at least 4 members (excludes halogenated alkanes) is 1. The second-order valence-electron chi connectivity index (χ2n) is 9.43. The van der Waals surface area contributed by atoms with Crippen molar-refractivity contribution >= 4 is 45.0 Å². The average molecular weight is 565 g/mol. The van der Waals surface area contributed by atoms with Crippen LogP contribution in [0.3, 0.4) is 0 Å². The fourth-order valence-corrected chi connectivity index (χ4v) is 10.2. The first-order chi connectivity index (χ1) is 17.9. The Balaban J connectivity index is 0.00000280. The molecule has 6 aromatic rings. The number of halogens is 1. The highest BCUT2D eigenvalue weighted by atomic mass is 79.9. The van der Waals surface area contributed by atoms with E-state index in [1.807, 2.05) is 0 Å². The lowest BCUT2D eigenvalue weighted by atomic mass is 10.2. The number of hydrogen-bond donors (Lipinski definition) is 0. The summed E-state index contributed by atoms with van der Waals surface area (Å²) in [5.41, 5.74) is 2.68. The number of para-hydroxylation sites is 2. The standard InChI is InChI=1S/C34H31NP.BrH/c1-4-16-28(17-5-1)36(29-18-6-2-7-19-29,30-20-8-3-9-21-30)27-15-14-26-35-33-24-12-10-22-31(33)32-23-11-13-25-34(32)35;/h1-13,16-25H,14-15,26-27H2;1H/q+1;/p-1. The lowest BCUT2D eigenvalue weighted by molar-refractivity contribution is -0.00000688. The summed E-state index contributed by atoms with van der Waals surface area (Å²) < 4.78 is 2.53. The largest absolute Gasteiger partial charge is 1.00 e. The van der Waals surface area contributed by atoms with Gasteiger partial charge in [0.05, 0.1) is 6.16 Å². The van der Waals surface area contributed by atoms with Crippen LogP contribution < -0.4 is 32.9 Å². The van der Waals surface area contributed by atoms with Crippen molar-refractivity contribution in [2.24, 2.45) is 0 Å². The molecule has 5 aromatic carbocycles. The molecule has 0 radical (unpaired) electrons. The van der Waals surface area contributed by atoms with Crippen LogP contribution in [-0.2, 0) is 6.54 Å². The summed E-state index contributed by atoms with van der Waals surface area (Å²) in [7, 11) is -1.77. The van der Waals surface area contributed by atoms with E-state index in [4.69, 9.17) is 0 Å². The number of benzene rings is 5. The quantitative estimate of drug-likeness (QED) is 0.189. The maximum Gasteiger partial charge on any atom is 0.112 e. The summed E-state index contributed by atoms with van der Waals surface area (Å²) in [6.07, 6.45) is 3.49. The van der Waals surface area contributed by atoms with Crippen LogP contribution in [0.1, 0.15) is 12.8 Å². The van der Waals surface area contributed by atoms with E-state index in [1.165, 1.54) is 50.3 Å². The summed E-state index contributed by atoms with van der Waals surface area (Å²) in [4.78, 5) is 0. The number of aryl methyl sites for hydroxylation is 1. The van der Waals surface area contributed by atoms with Crippen LogP contribution in [-0.4, -0.2) is 10.7 Å². The Kier molecular flexibility index (Phi) is 7.89. The lowest BCUT2D eigenvalue weighted by Gasteiger charge is -2.27. The minimum absolute atomic E-state index is 0. The van der Waals surface area contributed by atoms with E-state index in [1.54, 1.807) is 0 Å². The van der Waals surface area contributed by atoms with E-state index in [9.17, 15) is 0 Å². The van der Waals surface area contributed by atoms with Crippen LogP contribution >= 0.6 is 7.26 Å². The normalized spacial score (nSPS) is 11.5. The van der Waals surface area contributed by atoms with E-state index in [0.717, 1.165) is 13.0 Å². The predicted molar refractivity (Wildman–Crippen MR) is 159 cm³/mol. The first-order valence-electron chi connectivity index (χ1n) is 12.9. The number of rotatable bonds is 8. The molecule has 0 unspecified atom stereocenters. The summed E-state index contributed by atoms with van der Waals surface area (Å²) in [6, 6.07) is 51.4. The predicted octanol–water partition coefficient (Wildman–Crippen LogP) is 4.57.